The third kappa shape index (κ3) is 2.91. The Morgan fingerprint density at radius 2 is 1.78 bits per heavy atom. The molecular weight excluding hydrogens is 422 g/mol. The van der Waals surface area contributed by atoms with E-state index >= 15 is 0 Å². The van der Waals surface area contributed by atoms with Gasteiger partial charge in [-0.15, -0.1) is 0 Å². The largest absolute Gasteiger partial charge is 0.478 e. The van der Waals surface area contributed by atoms with Crippen molar-refractivity contribution in [2.24, 2.45) is 0 Å². The SMILES string of the molecule is Cc1c(F)cc(-c2c(C(=O)O)c(N)[nH]c(=O)c2C(=O)O)cc1I. The summed E-state index contributed by atoms with van der Waals surface area (Å²) in [6.07, 6.45) is 0. The molecule has 1 heterocycles. The molecule has 0 unspecified atom stereocenters. The van der Waals surface area contributed by atoms with Crippen LogP contribution in [0, 0.1) is 16.3 Å². The number of nitrogen functional groups attached to an aromatic ring is 1. The summed E-state index contributed by atoms with van der Waals surface area (Å²) < 4.78 is 14.4. The van der Waals surface area contributed by atoms with Crippen molar-refractivity contribution in [2.75, 3.05) is 5.73 Å². The zero-order valence-electron chi connectivity index (χ0n) is 11.6. The van der Waals surface area contributed by atoms with Crippen LogP contribution in [0.25, 0.3) is 11.1 Å². The maximum Gasteiger partial charge on any atom is 0.342 e. The van der Waals surface area contributed by atoms with Crippen LogP contribution >= 0.6 is 22.6 Å². The summed E-state index contributed by atoms with van der Waals surface area (Å²) in [7, 11) is 0. The van der Waals surface area contributed by atoms with Crippen molar-refractivity contribution in [3.63, 3.8) is 0 Å². The van der Waals surface area contributed by atoms with Crippen LogP contribution in [0.2, 0.25) is 0 Å². The van der Waals surface area contributed by atoms with E-state index in [0.29, 0.717) is 9.13 Å². The average Bonchev–Trinajstić information content (AvgIpc) is 2.42. The summed E-state index contributed by atoms with van der Waals surface area (Å²) in [5.74, 6) is -4.33. The van der Waals surface area contributed by atoms with Gasteiger partial charge in [0.25, 0.3) is 5.56 Å². The van der Waals surface area contributed by atoms with Crippen molar-refractivity contribution in [3.8, 4) is 11.1 Å². The van der Waals surface area contributed by atoms with Crippen LogP contribution in [-0.2, 0) is 0 Å². The Kier molecular flexibility index (Phi) is 4.41. The molecule has 0 amide bonds. The van der Waals surface area contributed by atoms with Gasteiger partial charge in [-0.1, -0.05) is 0 Å². The molecule has 0 bridgehead atoms. The molecule has 0 radical (unpaired) electrons. The smallest absolute Gasteiger partial charge is 0.342 e. The number of anilines is 1. The fraction of sp³-hybridized carbons (Fsp3) is 0.0714. The molecule has 0 fully saturated rings. The summed E-state index contributed by atoms with van der Waals surface area (Å²) >= 11 is 1.83. The van der Waals surface area contributed by atoms with E-state index in [2.05, 4.69) is 0 Å². The van der Waals surface area contributed by atoms with Gasteiger partial charge in [-0.05, 0) is 52.8 Å². The van der Waals surface area contributed by atoms with Crippen LogP contribution in [0.5, 0.6) is 0 Å². The van der Waals surface area contributed by atoms with Crippen molar-refractivity contribution >= 4 is 40.3 Å². The molecule has 0 aliphatic heterocycles. The van der Waals surface area contributed by atoms with Crippen LogP contribution in [0.3, 0.4) is 0 Å². The topological polar surface area (TPSA) is 133 Å². The molecule has 0 saturated carbocycles. The number of aromatic carboxylic acids is 2. The molecule has 5 N–H and O–H groups in total. The van der Waals surface area contributed by atoms with E-state index in [4.69, 9.17) is 5.73 Å². The number of carboxylic acids is 2. The predicted octanol–water partition coefficient (Wildman–Crippen LogP) is 2.07. The Hall–Kier alpha value is -2.43. The van der Waals surface area contributed by atoms with Crippen molar-refractivity contribution in [2.45, 2.75) is 6.92 Å². The highest BCUT2D eigenvalue weighted by Crippen LogP contribution is 2.32. The van der Waals surface area contributed by atoms with Crippen LogP contribution in [0.4, 0.5) is 10.2 Å². The van der Waals surface area contributed by atoms with Crippen molar-refractivity contribution in [3.05, 3.63) is 48.6 Å². The molecular formula is C14H10FIN2O5. The number of benzene rings is 1. The predicted molar refractivity (Wildman–Crippen MR) is 88.2 cm³/mol. The highest BCUT2D eigenvalue weighted by molar-refractivity contribution is 14.1. The lowest BCUT2D eigenvalue weighted by Crippen LogP contribution is -2.24. The van der Waals surface area contributed by atoms with E-state index in [1.807, 2.05) is 27.6 Å². The molecule has 1 aromatic heterocycles. The van der Waals surface area contributed by atoms with E-state index in [1.165, 1.54) is 13.0 Å². The number of carbonyl (C=O) groups is 2. The maximum atomic E-state index is 14.0. The van der Waals surface area contributed by atoms with Gasteiger partial charge in [0.15, 0.2) is 0 Å². The normalized spacial score (nSPS) is 10.6. The number of aromatic amines is 1. The highest BCUT2D eigenvalue weighted by Gasteiger charge is 2.27. The van der Waals surface area contributed by atoms with Gasteiger partial charge < -0.3 is 20.9 Å². The van der Waals surface area contributed by atoms with Gasteiger partial charge in [0.05, 0.1) is 0 Å². The third-order valence-corrected chi connectivity index (χ3v) is 4.36. The zero-order valence-corrected chi connectivity index (χ0v) is 13.8. The first kappa shape index (κ1) is 16.9. The van der Waals surface area contributed by atoms with Crippen LogP contribution in [0.1, 0.15) is 26.3 Å². The molecule has 0 aliphatic carbocycles. The van der Waals surface area contributed by atoms with Crippen molar-refractivity contribution in [1.82, 2.24) is 4.98 Å². The number of aromatic nitrogens is 1. The summed E-state index contributed by atoms with van der Waals surface area (Å²) in [6, 6.07) is 2.37. The third-order valence-electron chi connectivity index (χ3n) is 3.24. The maximum absolute atomic E-state index is 14.0. The number of H-pyrrole nitrogens is 1. The monoisotopic (exact) mass is 432 g/mol. The number of halogens is 2. The molecule has 0 atom stereocenters. The molecule has 0 spiro atoms. The zero-order chi connectivity index (χ0) is 17.5. The Balaban J connectivity index is 3.03. The molecule has 0 saturated heterocycles. The second-order valence-corrected chi connectivity index (χ2v) is 5.83. The Morgan fingerprint density at radius 1 is 1.22 bits per heavy atom. The molecule has 9 heteroatoms. The number of carboxylic acid groups (broad SMARTS) is 2. The minimum absolute atomic E-state index is 0.0508. The van der Waals surface area contributed by atoms with E-state index in [-0.39, 0.29) is 5.56 Å². The quantitative estimate of drug-likeness (QED) is 0.549. The fourth-order valence-electron chi connectivity index (χ4n) is 2.13. The Morgan fingerprint density at radius 3 is 2.26 bits per heavy atom. The van der Waals surface area contributed by atoms with E-state index in [1.54, 1.807) is 0 Å². The van der Waals surface area contributed by atoms with Gasteiger partial charge >= 0.3 is 11.9 Å². The van der Waals surface area contributed by atoms with Crippen LogP contribution in [-0.4, -0.2) is 27.1 Å². The second kappa shape index (κ2) is 5.99. The molecule has 1 aromatic carbocycles. The molecule has 2 rings (SSSR count). The van der Waals surface area contributed by atoms with Gasteiger partial charge in [0.2, 0.25) is 0 Å². The molecule has 2 aromatic rings. The summed E-state index contributed by atoms with van der Waals surface area (Å²) in [6.45, 7) is 1.52. The first-order valence-electron chi connectivity index (χ1n) is 6.13. The summed E-state index contributed by atoms with van der Waals surface area (Å²) in [4.78, 5) is 36.7. The molecule has 23 heavy (non-hydrogen) atoms. The molecule has 7 nitrogen and oxygen atoms in total. The number of nitrogens with one attached hydrogen (secondary N) is 1. The number of rotatable bonds is 3. The lowest BCUT2D eigenvalue weighted by molar-refractivity contribution is 0.0695. The van der Waals surface area contributed by atoms with E-state index in [9.17, 15) is 29.0 Å². The first-order chi connectivity index (χ1) is 10.6. The standard InChI is InChI=1S/C14H10FIN2O5/c1-4-6(15)2-5(3-7(4)16)8-9(13(20)21)11(17)18-12(19)10(8)14(22)23/h2-3H,1H3,(H,20,21)(H,22,23)(H3,17,18,19). The van der Waals surface area contributed by atoms with Crippen molar-refractivity contribution < 1.29 is 24.2 Å². The minimum atomic E-state index is -1.64. The van der Waals surface area contributed by atoms with Gasteiger partial charge in [0, 0.05) is 9.13 Å². The Bertz CT molecular complexity index is 884. The van der Waals surface area contributed by atoms with Gasteiger partial charge in [-0.2, -0.15) is 0 Å². The van der Waals surface area contributed by atoms with Crippen LogP contribution < -0.4 is 11.3 Å². The van der Waals surface area contributed by atoms with Gasteiger partial charge in [0.1, 0.15) is 22.8 Å². The van der Waals surface area contributed by atoms with E-state index in [0.717, 1.165) is 6.07 Å². The molecule has 120 valence electrons. The van der Waals surface area contributed by atoms with Crippen LogP contribution in [0.15, 0.2) is 16.9 Å². The van der Waals surface area contributed by atoms with Gasteiger partial charge in [-0.25, -0.2) is 14.0 Å². The number of pyridine rings is 1. The average molecular weight is 432 g/mol. The Labute approximate surface area is 142 Å². The fourth-order valence-corrected chi connectivity index (χ4v) is 2.72. The summed E-state index contributed by atoms with van der Waals surface area (Å²) in [5, 5.41) is 18.6. The molecule has 0 aliphatic rings. The highest BCUT2D eigenvalue weighted by atomic mass is 127. The van der Waals surface area contributed by atoms with E-state index < -0.39 is 45.8 Å². The van der Waals surface area contributed by atoms with Gasteiger partial charge in [-0.3, -0.25) is 4.79 Å². The lowest BCUT2D eigenvalue weighted by atomic mass is 9.94. The second-order valence-electron chi connectivity index (χ2n) is 4.67. The minimum Gasteiger partial charge on any atom is -0.478 e. The number of nitrogens with two attached hydrogens (primary N) is 1. The summed E-state index contributed by atoms with van der Waals surface area (Å²) in [5.41, 5.74) is 2.88. The number of hydrogen-bond donors (Lipinski definition) is 4. The lowest BCUT2D eigenvalue weighted by Gasteiger charge is -2.13. The first-order valence-corrected chi connectivity index (χ1v) is 7.21. The van der Waals surface area contributed by atoms with Crippen molar-refractivity contribution in [1.29, 1.82) is 0 Å². The number of hydrogen-bond acceptors (Lipinski definition) is 4.